The van der Waals surface area contributed by atoms with Gasteiger partial charge in [-0.15, -0.1) is 17.0 Å². The van der Waals surface area contributed by atoms with Crippen molar-refractivity contribution in [2.75, 3.05) is 0 Å². The Balaban J connectivity index is 0.00000161. The Morgan fingerprint density at radius 3 is 0.952 bits per heavy atom. The van der Waals surface area contributed by atoms with Crippen molar-refractivity contribution in [1.82, 2.24) is 0 Å². The van der Waals surface area contributed by atoms with Crippen LogP contribution >= 0.6 is 24.4 Å². The molecule has 0 aliphatic heterocycles. The van der Waals surface area contributed by atoms with Crippen LogP contribution in [0.4, 0.5) is 0 Å². The average Bonchev–Trinajstić information content (AvgIpc) is 2.56. The van der Waals surface area contributed by atoms with E-state index >= 15 is 0 Å². The minimum atomic E-state index is -2.38. The molecule has 0 unspecified atom stereocenters. The monoisotopic (exact) mass is 359 g/mol. The van der Waals surface area contributed by atoms with Crippen LogP contribution in [0.15, 0.2) is 91.0 Å². The summed E-state index contributed by atoms with van der Waals surface area (Å²) in [4.78, 5) is 0. The molecule has 3 rings (SSSR count). The zero-order valence-electron chi connectivity index (χ0n) is 11.6. The fraction of sp³-hybridized carbons (Fsp3) is 0. The van der Waals surface area contributed by atoms with Gasteiger partial charge in [0.25, 0.3) is 0 Å². The summed E-state index contributed by atoms with van der Waals surface area (Å²) in [6.07, 6.45) is 0. The normalized spacial score (nSPS) is 11.5. The summed E-state index contributed by atoms with van der Waals surface area (Å²) < 4.78 is 0. The molecule has 0 aliphatic carbocycles. The molecule has 0 saturated heterocycles. The number of hydrogen-bond acceptors (Lipinski definition) is 1. The van der Waals surface area contributed by atoms with Gasteiger partial charge in [0.1, 0.15) is 0 Å². The van der Waals surface area contributed by atoms with Gasteiger partial charge in [-0.25, -0.2) is 0 Å². The second-order valence-corrected chi connectivity index (χ2v) is 8.25. The molecule has 3 heteroatoms. The Hall–Kier alpha value is -1.47. The maximum absolute atomic E-state index is 7.00. The van der Waals surface area contributed by atoms with E-state index in [1.807, 2.05) is 18.2 Å². The van der Waals surface area contributed by atoms with Gasteiger partial charge in [-0.1, -0.05) is 0 Å². The SMILES string of the molecule is Br.N[PH](c1ccccc1)(c1ccccc1)c1ccccc1. The van der Waals surface area contributed by atoms with Crippen molar-refractivity contribution < 1.29 is 0 Å². The molecule has 0 saturated carbocycles. The van der Waals surface area contributed by atoms with Gasteiger partial charge >= 0.3 is 120 Å². The van der Waals surface area contributed by atoms with E-state index in [-0.39, 0.29) is 17.0 Å². The molecule has 0 bridgehead atoms. The summed E-state index contributed by atoms with van der Waals surface area (Å²) in [6.45, 7) is 0. The Morgan fingerprint density at radius 1 is 0.476 bits per heavy atom. The topological polar surface area (TPSA) is 26.0 Å². The molecule has 0 fully saturated rings. The maximum atomic E-state index is 7.00. The summed E-state index contributed by atoms with van der Waals surface area (Å²) >= 11 is 0. The summed E-state index contributed by atoms with van der Waals surface area (Å²) in [5.74, 6) is 0. The second-order valence-electron chi connectivity index (χ2n) is 4.91. The molecular weight excluding hydrogens is 341 g/mol. The van der Waals surface area contributed by atoms with Crippen molar-refractivity contribution >= 4 is 40.3 Å². The van der Waals surface area contributed by atoms with Gasteiger partial charge in [-0.2, -0.15) is 0 Å². The predicted molar refractivity (Wildman–Crippen MR) is 101 cm³/mol. The molecule has 1 nitrogen and oxygen atoms in total. The van der Waals surface area contributed by atoms with E-state index in [0.717, 1.165) is 0 Å². The summed E-state index contributed by atoms with van der Waals surface area (Å²) in [5, 5.41) is 3.70. The van der Waals surface area contributed by atoms with Crippen LogP contribution in [0.5, 0.6) is 0 Å². The molecular formula is C18H19BrNP. The van der Waals surface area contributed by atoms with Gasteiger partial charge in [0, 0.05) is 0 Å². The van der Waals surface area contributed by atoms with Crippen LogP contribution in [-0.4, -0.2) is 0 Å². The zero-order valence-corrected chi connectivity index (χ0v) is 14.4. The summed E-state index contributed by atoms with van der Waals surface area (Å²) in [6, 6.07) is 31.4. The quantitative estimate of drug-likeness (QED) is 0.714. The third-order valence-corrected chi connectivity index (χ3v) is 7.42. The first-order valence-electron chi connectivity index (χ1n) is 6.77. The van der Waals surface area contributed by atoms with Gasteiger partial charge in [-0.3, -0.25) is 0 Å². The fourth-order valence-electron chi connectivity index (χ4n) is 2.60. The number of halogens is 1. The number of nitrogens with two attached hydrogens (primary N) is 1. The number of benzene rings is 3. The molecule has 0 atom stereocenters. The van der Waals surface area contributed by atoms with Gasteiger partial charge in [0.2, 0.25) is 0 Å². The van der Waals surface area contributed by atoms with Crippen LogP contribution in [0.25, 0.3) is 0 Å². The molecule has 0 amide bonds. The van der Waals surface area contributed by atoms with E-state index in [0.29, 0.717) is 0 Å². The van der Waals surface area contributed by atoms with E-state index < -0.39 is 7.41 Å². The van der Waals surface area contributed by atoms with Crippen molar-refractivity contribution in [1.29, 1.82) is 0 Å². The van der Waals surface area contributed by atoms with Crippen molar-refractivity contribution in [2.24, 2.45) is 5.50 Å². The summed E-state index contributed by atoms with van der Waals surface area (Å²) in [7, 11) is -2.38. The first-order valence-corrected chi connectivity index (χ1v) is 8.85. The van der Waals surface area contributed by atoms with Gasteiger partial charge in [-0.05, 0) is 0 Å². The first-order chi connectivity index (χ1) is 9.82. The van der Waals surface area contributed by atoms with Crippen LogP contribution in [0, 0.1) is 0 Å². The molecule has 2 N–H and O–H groups in total. The second kappa shape index (κ2) is 7.00. The predicted octanol–water partition coefficient (Wildman–Crippen LogP) is 3.16. The van der Waals surface area contributed by atoms with E-state index in [9.17, 15) is 0 Å². The summed E-state index contributed by atoms with van der Waals surface area (Å²) in [5.41, 5.74) is 7.00. The molecule has 0 radical (unpaired) electrons. The first kappa shape index (κ1) is 15.9. The van der Waals surface area contributed by atoms with Crippen molar-refractivity contribution in [3.8, 4) is 0 Å². The van der Waals surface area contributed by atoms with Crippen molar-refractivity contribution in [3.63, 3.8) is 0 Å². The molecule has 21 heavy (non-hydrogen) atoms. The molecule has 0 aliphatic rings. The van der Waals surface area contributed by atoms with Crippen LogP contribution < -0.4 is 21.4 Å². The third kappa shape index (κ3) is 3.08. The molecule has 0 heterocycles. The molecule has 3 aromatic carbocycles. The molecule has 108 valence electrons. The third-order valence-electron chi connectivity index (χ3n) is 3.69. The van der Waals surface area contributed by atoms with Crippen LogP contribution in [0.3, 0.4) is 0 Å². The van der Waals surface area contributed by atoms with Gasteiger partial charge < -0.3 is 0 Å². The Labute approximate surface area is 137 Å². The van der Waals surface area contributed by atoms with Crippen molar-refractivity contribution in [2.45, 2.75) is 0 Å². The zero-order chi connectivity index (χ0) is 13.8. The van der Waals surface area contributed by atoms with Gasteiger partial charge in [0.15, 0.2) is 0 Å². The number of hydrogen-bond donors (Lipinski definition) is 1. The molecule has 3 aromatic rings. The fourth-order valence-corrected chi connectivity index (χ4v) is 5.76. The van der Waals surface area contributed by atoms with Crippen LogP contribution in [-0.2, 0) is 0 Å². The van der Waals surface area contributed by atoms with Crippen molar-refractivity contribution in [3.05, 3.63) is 91.0 Å². The minimum absolute atomic E-state index is 0. The average molecular weight is 360 g/mol. The van der Waals surface area contributed by atoms with E-state index in [2.05, 4.69) is 72.8 Å². The van der Waals surface area contributed by atoms with Crippen LogP contribution in [0.2, 0.25) is 0 Å². The Bertz CT molecular complexity index is 575. The van der Waals surface area contributed by atoms with E-state index in [1.165, 1.54) is 15.9 Å². The Kier molecular flexibility index (Phi) is 5.30. The molecule has 0 aromatic heterocycles. The molecule has 0 spiro atoms. The van der Waals surface area contributed by atoms with Gasteiger partial charge in [0.05, 0.1) is 0 Å². The van der Waals surface area contributed by atoms with Crippen LogP contribution in [0.1, 0.15) is 0 Å². The van der Waals surface area contributed by atoms with E-state index in [1.54, 1.807) is 0 Å². The Morgan fingerprint density at radius 2 is 0.714 bits per heavy atom. The number of rotatable bonds is 3. The standard InChI is InChI=1S/C18H18NP.BrH/c19-20(16-10-4-1-5-11-16,17-12-6-2-7-13-17)18-14-8-3-9-15-18;/h1-15,20H,19H2;1H. The van der Waals surface area contributed by atoms with E-state index in [4.69, 9.17) is 5.50 Å².